The highest BCUT2D eigenvalue weighted by atomic mass is 16.2. The lowest BCUT2D eigenvalue weighted by molar-refractivity contribution is -0.135. The molecule has 0 aliphatic carbocycles. The van der Waals surface area contributed by atoms with Gasteiger partial charge in [0, 0.05) is 42.7 Å². The maximum atomic E-state index is 12.7. The number of aryl methyl sites for hydroxylation is 1. The Morgan fingerprint density at radius 3 is 2.96 bits per heavy atom. The number of hydrogen-bond acceptors (Lipinski definition) is 2. The van der Waals surface area contributed by atoms with Crippen molar-refractivity contribution in [1.82, 2.24) is 14.8 Å². The van der Waals surface area contributed by atoms with E-state index in [-0.39, 0.29) is 0 Å². The number of aromatic nitrogens is 1. The normalized spacial score (nSPS) is 18.7. The van der Waals surface area contributed by atoms with E-state index in [4.69, 9.17) is 0 Å². The van der Waals surface area contributed by atoms with Crippen LogP contribution >= 0.6 is 0 Å². The van der Waals surface area contributed by atoms with E-state index in [2.05, 4.69) is 47.1 Å². The number of hydrogen-bond donors (Lipinski definition) is 1. The van der Waals surface area contributed by atoms with Gasteiger partial charge in [0.1, 0.15) is 0 Å². The summed E-state index contributed by atoms with van der Waals surface area (Å²) in [6.45, 7) is 1.89. The minimum absolute atomic E-state index is 0.307. The molecular weight excluding hydrogens is 286 g/mol. The van der Waals surface area contributed by atoms with Gasteiger partial charge < -0.3 is 14.8 Å². The Kier molecular flexibility index (Phi) is 5.01. The topological polar surface area (TPSA) is 39.3 Å². The Balaban J connectivity index is 1.63. The number of aromatic amines is 1. The van der Waals surface area contributed by atoms with Crippen LogP contribution in [0, 0.1) is 0 Å². The third-order valence-electron chi connectivity index (χ3n) is 4.81. The van der Waals surface area contributed by atoms with Crippen molar-refractivity contribution in [2.24, 2.45) is 0 Å². The summed E-state index contributed by atoms with van der Waals surface area (Å²) in [5, 5.41) is 1.24. The molecule has 1 fully saturated rings. The number of likely N-dealkylation sites (tertiary alicyclic amines) is 1. The minimum Gasteiger partial charge on any atom is -0.361 e. The van der Waals surface area contributed by atoms with E-state index in [0.29, 0.717) is 18.4 Å². The van der Waals surface area contributed by atoms with Gasteiger partial charge in [-0.2, -0.15) is 0 Å². The predicted octanol–water partition coefficient (Wildman–Crippen LogP) is 3.04. The number of piperidine rings is 1. The Morgan fingerprint density at radius 2 is 2.13 bits per heavy atom. The number of carbonyl (C=O) groups excluding carboxylic acids is 1. The maximum absolute atomic E-state index is 12.7. The second-order valence-corrected chi connectivity index (χ2v) is 6.86. The molecule has 124 valence electrons. The number of para-hydroxylation sites is 1. The summed E-state index contributed by atoms with van der Waals surface area (Å²) in [6, 6.07) is 8.68. The van der Waals surface area contributed by atoms with E-state index in [1.54, 1.807) is 0 Å². The highest BCUT2D eigenvalue weighted by Gasteiger charge is 2.26. The number of nitrogens with zero attached hydrogens (tertiary/aromatic N) is 2. The van der Waals surface area contributed by atoms with Crippen molar-refractivity contribution in [3.8, 4) is 0 Å². The number of carbonyl (C=O) groups is 1. The van der Waals surface area contributed by atoms with Crippen LogP contribution in [0.2, 0.25) is 0 Å². The fourth-order valence-electron chi connectivity index (χ4n) is 3.66. The number of likely N-dealkylation sites (N-methyl/N-ethyl adjacent to an activating group) is 1. The molecule has 1 aromatic carbocycles. The van der Waals surface area contributed by atoms with Crippen LogP contribution in [0.1, 0.15) is 31.2 Å². The molecule has 4 nitrogen and oxygen atoms in total. The molecule has 0 radical (unpaired) electrons. The molecule has 4 heteroatoms. The molecule has 1 aliphatic rings. The van der Waals surface area contributed by atoms with Crippen molar-refractivity contribution in [2.45, 2.75) is 38.1 Å². The van der Waals surface area contributed by atoms with Crippen molar-refractivity contribution in [3.05, 3.63) is 36.0 Å². The highest BCUT2D eigenvalue weighted by Crippen LogP contribution is 2.22. The summed E-state index contributed by atoms with van der Waals surface area (Å²) in [7, 11) is 4.17. The molecule has 23 heavy (non-hydrogen) atoms. The number of rotatable bonds is 5. The van der Waals surface area contributed by atoms with Gasteiger partial charge in [-0.1, -0.05) is 18.2 Å². The van der Waals surface area contributed by atoms with Crippen LogP contribution in [0.4, 0.5) is 0 Å². The lowest BCUT2D eigenvalue weighted by Crippen LogP contribution is -2.48. The molecule has 0 bridgehead atoms. The van der Waals surface area contributed by atoms with Crippen LogP contribution in [0.15, 0.2) is 30.5 Å². The molecule has 3 rings (SSSR count). The molecule has 1 aliphatic heterocycles. The van der Waals surface area contributed by atoms with E-state index in [1.807, 2.05) is 12.3 Å². The van der Waals surface area contributed by atoms with Crippen molar-refractivity contribution < 1.29 is 4.79 Å². The van der Waals surface area contributed by atoms with Gasteiger partial charge in [-0.25, -0.2) is 0 Å². The van der Waals surface area contributed by atoms with Crippen molar-refractivity contribution in [1.29, 1.82) is 0 Å². The molecule has 1 atom stereocenters. The molecule has 2 aromatic rings. The zero-order valence-corrected chi connectivity index (χ0v) is 14.2. The zero-order valence-electron chi connectivity index (χ0n) is 14.2. The van der Waals surface area contributed by atoms with Crippen molar-refractivity contribution in [2.75, 3.05) is 27.2 Å². The van der Waals surface area contributed by atoms with Gasteiger partial charge >= 0.3 is 0 Å². The smallest absolute Gasteiger partial charge is 0.223 e. The van der Waals surface area contributed by atoms with Crippen LogP contribution in [0.25, 0.3) is 10.9 Å². The van der Waals surface area contributed by atoms with Crippen molar-refractivity contribution >= 4 is 16.8 Å². The Labute approximate surface area is 138 Å². The average Bonchev–Trinajstić information content (AvgIpc) is 2.96. The Bertz CT molecular complexity index is 661. The van der Waals surface area contributed by atoms with E-state index in [9.17, 15) is 4.79 Å². The summed E-state index contributed by atoms with van der Waals surface area (Å²) >= 11 is 0. The molecule has 1 saturated heterocycles. The van der Waals surface area contributed by atoms with E-state index in [1.165, 1.54) is 17.4 Å². The third-order valence-corrected chi connectivity index (χ3v) is 4.81. The summed E-state index contributed by atoms with van der Waals surface area (Å²) in [4.78, 5) is 20.3. The Morgan fingerprint density at radius 1 is 1.30 bits per heavy atom. The first kappa shape index (κ1) is 16.1. The fraction of sp³-hybridized carbons (Fsp3) is 0.526. The third kappa shape index (κ3) is 3.75. The van der Waals surface area contributed by atoms with Gasteiger partial charge in [0.05, 0.1) is 0 Å². The van der Waals surface area contributed by atoms with Gasteiger partial charge in [0.25, 0.3) is 0 Å². The highest BCUT2D eigenvalue weighted by molar-refractivity contribution is 5.84. The molecular formula is C19H27N3O. The van der Waals surface area contributed by atoms with Crippen LogP contribution in [0.5, 0.6) is 0 Å². The van der Waals surface area contributed by atoms with Crippen LogP contribution < -0.4 is 0 Å². The van der Waals surface area contributed by atoms with Crippen LogP contribution in [-0.4, -0.2) is 53.9 Å². The fourth-order valence-corrected chi connectivity index (χ4v) is 3.66. The summed E-state index contributed by atoms with van der Waals surface area (Å²) in [6.07, 6.45) is 6.98. The van der Waals surface area contributed by atoms with Gasteiger partial charge in [-0.05, 0) is 51.4 Å². The first-order chi connectivity index (χ1) is 11.1. The Hall–Kier alpha value is -1.81. The molecule has 0 unspecified atom stereocenters. The summed E-state index contributed by atoms with van der Waals surface area (Å²) in [5.74, 6) is 0.307. The van der Waals surface area contributed by atoms with Crippen LogP contribution in [-0.2, 0) is 11.2 Å². The molecule has 0 saturated carbocycles. The number of amides is 1. The number of H-pyrrole nitrogens is 1. The number of fused-ring (bicyclic) bond motifs is 1. The first-order valence-electron chi connectivity index (χ1n) is 8.64. The van der Waals surface area contributed by atoms with Gasteiger partial charge in [-0.15, -0.1) is 0 Å². The van der Waals surface area contributed by atoms with E-state index < -0.39 is 0 Å². The second-order valence-electron chi connectivity index (χ2n) is 6.86. The second kappa shape index (κ2) is 7.18. The van der Waals surface area contributed by atoms with Gasteiger partial charge in [0.15, 0.2) is 0 Å². The molecule has 1 amide bonds. The molecule has 1 N–H and O–H groups in total. The van der Waals surface area contributed by atoms with Gasteiger partial charge in [-0.3, -0.25) is 4.79 Å². The minimum atomic E-state index is 0.307. The van der Waals surface area contributed by atoms with E-state index >= 15 is 0 Å². The maximum Gasteiger partial charge on any atom is 0.223 e. The SMILES string of the molecule is CN(C)C[C@@H]1CCCCN1C(=O)CCc1c[nH]c2ccccc12. The first-order valence-corrected chi connectivity index (χ1v) is 8.64. The molecule has 0 spiro atoms. The standard InChI is InChI=1S/C19H27N3O/c1-21(2)14-16-7-5-6-12-22(16)19(23)11-10-15-13-20-18-9-4-3-8-17(15)18/h3-4,8-9,13,16,20H,5-7,10-12,14H2,1-2H3/t16-/m0/s1. The monoisotopic (exact) mass is 313 g/mol. The zero-order chi connectivity index (χ0) is 16.2. The predicted molar refractivity (Wildman–Crippen MR) is 94.5 cm³/mol. The lowest BCUT2D eigenvalue weighted by atomic mass is 10.00. The summed E-state index contributed by atoms with van der Waals surface area (Å²) < 4.78 is 0. The number of benzene rings is 1. The number of nitrogens with one attached hydrogen (secondary N) is 1. The van der Waals surface area contributed by atoms with Crippen LogP contribution in [0.3, 0.4) is 0 Å². The lowest BCUT2D eigenvalue weighted by Gasteiger charge is -2.37. The summed E-state index contributed by atoms with van der Waals surface area (Å²) in [5.41, 5.74) is 2.40. The molecule has 2 heterocycles. The van der Waals surface area contributed by atoms with Gasteiger partial charge in [0.2, 0.25) is 5.91 Å². The largest absolute Gasteiger partial charge is 0.361 e. The quantitative estimate of drug-likeness (QED) is 0.921. The van der Waals surface area contributed by atoms with E-state index in [0.717, 1.165) is 37.9 Å². The molecule has 1 aromatic heterocycles. The average molecular weight is 313 g/mol. The van der Waals surface area contributed by atoms with Crippen molar-refractivity contribution in [3.63, 3.8) is 0 Å².